The molecule has 4 heteroatoms. The van der Waals surface area contributed by atoms with E-state index in [4.69, 9.17) is 4.74 Å². The van der Waals surface area contributed by atoms with E-state index < -0.39 is 0 Å². The van der Waals surface area contributed by atoms with Crippen LogP contribution in [0.25, 0.3) is 11.3 Å². The molecule has 1 aromatic heterocycles. The fourth-order valence-electron chi connectivity index (χ4n) is 1.64. The van der Waals surface area contributed by atoms with E-state index in [2.05, 4.69) is 9.97 Å². The van der Waals surface area contributed by atoms with Gasteiger partial charge in [-0.1, -0.05) is 0 Å². The van der Waals surface area contributed by atoms with Gasteiger partial charge in [-0.2, -0.15) is 0 Å². The fourth-order valence-corrected chi connectivity index (χ4v) is 1.64. The zero-order valence-electron chi connectivity index (χ0n) is 9.86. The number of hydrogen-bond donors (Lipinski definition) is 1. The molecule has 1 heterocycles. The Morgan fingerprint density at radius 3 is 2.65 bits per heavy atom. The normalized spacial score (nSPS) is 10.2. The Bertz CT molecular complexity index is 558. The van der Waals surface area contributed by atoms with E-state index in [1.807, 2.05) is 38.1 Å². The Balaban J connectivity index is 2.39. The van der Waals surface area contributed by atoms with E-state index in [1.165, 1.54) is 0 Å². The van der Waals surface area contributed by atoms with Gasteiger partial charge in [-0.05, 0) is 49.2 Å². The highest BCUT2D eigenvalue weighted by Crippen LogP contribution is 2.22. The smallest absolute Gasteiger partial charge is 0.345 e. The molecule has 0 radical (unpaired) electrons. The molecule has 0 saturated carbocycles. The molecule has 0 spiro atoms. The monoisotopic (exact) mass is 230 g/mol. The third-order valence-electron chi connectivity index (χ3n) is 2.46. The number of rotatable bonds is 3. The molecule has 0 saturated heterocycles. The van der Waals surface area contributed by atoms with Crippen molar-refractivity contribution in [3.8, 4) is 17.0 Å². The molecular formula is C13H14N2O2. The van der Waals surface area contributed by atoms with E-state index in [0.29, 0.717) is 6.61 Å². The van der Waals surface area contributed by atoms with E-state index in [9.17, 15) is 4.79 Å². The van der Waals surface area contributed by atoms with Gasteiger partial charge in [0.05, 0.1) is 12.3 Å². The first-order chi connectivity index (χ1) is 8.20. The molecule has 17 heavy (non-hydrogen) atoms. The van der Waals surface area contributed by atoms with Crippen LogP contribution >= 0.6 is 0 Å². The maximum Gasteiger partial charge on any atom is 0.345 e. The Labute approximate surface area is 99.3 Å². The van der Waals surface area contributed by atoms with E-state index in [1.54, 1.807) is 6.20 Å². The molecule has 0 aliphatic heterocycles. The summed E-state index contributed by atoms with van der Waals surface area (Å²) in [6.45, 7) is 4.50. The lowest BCUT2D eigenvalue weighted by molar-refractivity contribution is 0.340. The van der Waals surface area contributed by atoms with Gasteiger partial charge in [0.2, 0.25) is 0 Å². The van der Waals surface area contributed by atoms with E-state index in [0.717, 1.165) is 22.6 Å². The van der Waals surface area contributed by atoms with Crippen LogP contribution in [-0.4, -0.2) is 16.6 Å². The highest BCUT2D eigenvalue weighted by Gasteiger charge is 2.03. The molecule has 0 bridgehead atoms. The van der Waals surface area contributed by atoms with Gasteiger partial charge in [-0.15, -0.1) is 0 Å². The molecule has 0 aliphatic rings. The number of benzene rings is 1. The second-order valence-corrected chi connectivity index (χ2v) is 3.70. The third-order valence-corrected chi connectivity index (χ3v) is 2.46. The fraction of sp³-hybridized carbons (Fsp3) is 0.231. The molecule has 0 aliphatic carbocycles. The molecule has 4 nitrogen and oxygen atoms in total. The van der Waals surface area contributed by atoms with Gasteiger partial charge in [0.15, 0.2) is 0 Å². The number of nitrogens with one attached hydrogen (secondary N) is 1. The first-order valence-corrected chi connectivity index (χ1v) is 5.50. The number of aryl methyl sites for hydroxylation is 1. The summed E-state index contributed by atoms with van der Waals surface area (Å²) in [7, 11) is 0. The minimum Gasteiger partial charge on any atom is -0.494 e. The highest BCUT2D eigenvalue weighted by atomic mass is 16.5. The Kier molecular flexibility index (Phi) is 3.23. The Hall–Kier alpha value is -2.10. The quantitative estimate of drug-likeness (QED) is 0.878. The van der Waals surface area contributed by atoms with Crippen LogP contribution in [0.4, 0.5) is 0 Å². The van der Waals surface area contributed by atoms with Crippen molar-refractivity contribution in [2.24, 2.45) is 0 Å². The molecule has 0 fully saturated rings. The van der Waals surface area contributed by atoms with Crippen molar-refractivity contribution in [2.45, 2.75) is 13.8 Å². The number of H-pyrrole nitrogens is 1. The summed E-state index contributed by atoms with van der Waals surface area (Å²) >= 11 is 0. The molecule has 2 aromatic rings. The van der Waals surface area contributed by atoms with Crippen molar-refractivity contribution in [3.05, 3.63) is 46.5 Å². The molecule has 0 unspecified atom stereocenters. The number of nitrogens with zero attached hydrogens (tertiary/aromatic N) is 1. The predicted octanol–water partition coefficient (Wildman–Crippen LogP) is 2.14. The van der Waals surface area contributed by atoms with Crippen LogP contribution in [0.1, 0.15) is 12.5 Å². The minimum absolute atomic E-state index is 0.334. The van der Waals surface area contributed by atoms with Crippen LogP contribution in [0.5, 0.6) is 5.75 Å². The average molecular weight is 230 g/mol. The van der Waals surface area contributed by atoms with Gasteiger partial charge in [-0.3, -0.25) is 0 Å². The van der Waals surface area contributed by atoms with Crippen molar-refractivity contribution in [1.29, 1.82) is 0 Å². The maximum atomic E-state index is 11.2. The lowest BCUT2D eigenvalue weighted by atomic mass is 10.1. The van der Waals surface area contributed by atoms with Crippen molar-refractivity contribution in [1.82, 2.24) is 9.97 Å². The van der Waals surface area contributed by atoms with Crippen molar-refractivity contribution < 1.29 is 4.74 Å². The molecule has 88 valence electrons. The van der Waals surface area contributed by atoms with Crippen LogP contribution in [0.2, 0.25) is 0 Å². The minimum atomic E-state index is -0.334. The van der Waals surface area contributed by atoms with Gasteiger partial charge in [0.25, 0.3) is 0 Å². The third kappa shape index (κ3) is 2.53. The molecule has 0 amide bonds. The number of ether oxygens (including phenoxy) is 1. The topological polar surface area (TPSA) is 55.0 Å². The molecule has 2 rings (SSSR count). The van der Waals surface area contributed by atoms with Gasteiger partial charge in [-0.25, -0.2) is 9.78 Å². The van der Waals surface area contributed by atoms with Crippen LogP contribution in [0, 0.1) is 6.92 Å². The zero-order valence-corrected chi connectivity index (χ0v) is 9.86. The Morgan fingerprint density at radius 2 is 2.00 bits per heavy atom. The summed E-state index contributed by atoms with van der Waals surface area (Å²) in [4.78, 5) is 17.6. The molecular weight excluding hydrogens is 216 g/mol. The maximum absolute atomic E-state index is 11.2. The molecule has 1 N–H and O–H groups in total. The largest absolute Gasteiger partial charge is 0.494 e. The zero-order chi connectivity index (χ0) is 12.3. The first-order valence-electron chi connectivity index (χ1n) is 5.50. The van der Waals surface area contributed by atoms with E-state index >= 15 is 0 Å². The lowest BCUT2D eigenvalue weighted by Crippen LogP contribution is -2.11. The average Bonchev–Trinajstić information content (AvgIpc) is 2.34. The van der Waals surface area contributed by atoms with Crippen LogP contribution in [-0.2, 0) is 0 Å². The summed E-state index contributed by atoms with van der Waals surface area (Å²) in [5.74, 6) is 0.824. The standard InChI is InChI=1S/C13H14N2O2/c1-3-17-11-6-4-10(5-7-11)12-9(2)8-14-13(16)15-12/h4-8H,3H2,1-2H3,(H,14,15,16). The van der Waals surface area contributed by atoms with Crippen molar-refractivity contribution in [3.63, 3.8) is 0 Å². The van der Waals surface area contributed by atoms with Crippen LogP contribution in [0.3, 0.4) is 0 Å². The SMILES string of the molecule is CCOc1ccc(-c2[nH]c(=O)ncc2C)cc1. The molecule has 1 aromatic carbocycles. The van der Waals surface area contributed by atoms with Gasteiger partial charge < -0.3 is 9.72 Å². The Morgan fingerprint density at radius 1 is 1.29 bits per heavy atom. The summed E-state index contributed by atoms with van der Waals surface area (Å²) in [6.07, 6.45) is 1.57. The summed E-state index contributed by atoms with van der Waals surface area (Å²) in [5, 5.41) is 0. The second-order valence-electron chi connectivity index (χ2n) is 3.70. The lowest BCUT2D eigenvalue weighted by Gasteiger charge is -2.06. The van der Waals surface area contributed by atoms with Crippen molar-refractivity contribution >= 4 is 0 Å². The van der Waals surface area contributed by atoms with Crippen LogP contribution < -0.4 is 10.4 Å². The van der Waals surface area contributed by atoms with E-state index in [-0.39, 0.29) is 5.69 Å². The second kappa shape index (κ2) is 4.82. The summed E-state index contributed by atoms with van der Waals surface area (Å²) < 4.78 is 5.37. The summed E-state index contributed by atoms with van der Waals surface area (Å²) in [5.41, 5.74) is 2.35. The highest BCUT2D eigenvalue weighted by molar-refractivity contribution is 5.62. The first kappa shape index (κ1) is 11.4. The predicted molar refractivity (Wildman–Crippen MR) is 66.2 cm³/mol. The van der Waals surface area contributed by atoms with Crippen LogP contribution in [0.15, 0.2) is 35.3 Å². The van der Waals surface area contributed by atoms with Gasteiger partial charge in [0.1, 0.15) is 5.75 Å². The van der Waals surface area contributed by atoms with Gasteiger partial charge >= 0.3 is 5.69 Å². The molecule has 0 atom stereocenters. The van der Waals surface area contributed by atoms with Crippen molar-refractivity contribution in [2.75, 3.05) is 6.61 Å². The number of hydrogen-bond acceptors (Lipinski definition) is 3. The summed E-state index contributed by atoms with van der Waals surface area (Å²) in [6, 6.07) is 7.61. The number of aromatic nitrogens is 2. The number of aromatic amines is 1. The van der Waals surface area contributed by atoms with Gasteiger partial charge in [0, 0.05) is 6.20 Å².